The summed E-state index contributed by atoms with van der Waals surface area (Å²) >= 11 is 2.97. The first-order valence-corrected chi connectivity index (χ1v) is 5.61. The van der Waals surface area contributed by atoms with E-state index in [1.54, 1.807) is 0 Å². The van der Waals surface area contributed by atoms with Gasteiger partial charge >= 0.3 is 0 Å². The molecule has 0 spiro atoms. The van der Waals surface area contributed by atoms with Crippen LogP contribution in [0.3, 0.4) is 0 Å². The average molecular weight is 289 g/mol. The average Bonchev–Trinajstić information content (AvgIpc) is 2.16. The maximum absolute atomic E-state index is 13.4. The van der Waals surface area contributed by atoms with E-state index in [1.165, 1.54) is 0 Å². The zero-order valence-electron chi connectivity index (χ0n) is 8.51. The van der Waals surface area contributed by atoms with Crippen LogP contribution >= 0.6 is 15.9 Å². The van der Waals surface area contributed by atoms with Crippen LogP contribution in [0.4, 0.5) is 8.78 Å². The molecular weight excluding hydrogens is 278 g/mol. The molecule has 0 aliphatic heterocycles. The molecular formula is C12H11BrF2O. The van der Waals surface area contributed by atoms with Crippen LogP contribution in [-0.4, -0.2) is 5.11 Å². The summed E-state index contributed by atoms with van der Waals surface area (Å²) < 4.78 is 27.1. The van der Waals surface area contributed by atoms with Crippen molar-refractivity contribution in [3.63, 3.8) is 0 Å². The van der Waals surface area contributed by atoms with Gasteiger partial charge in [0.15, 0.2) is 0 Å². The van der Waals surface area contributed by atoms with Gasteiger partial charge in [0, 0.05) is 10.9 Å². The monoisotopic (exact) mass is 288 g/mol. The molecule has 0 amide bonds. The summed E-state index contributed by atoms with van der Waals surface area (Å²) in [7, 11) is 0. The van der Waals surface area contributed by atoms with Gasteiger partial charge in [0.1, 0.15) is 11.6 Å². The normalized spacial score (nSPS) is 12.2. The molecule has 0 saturated carbocycles. The van der Waals surface area contributed by atoms with Crippen molar-refractivity contribution in [3.8, 4) is 12.3 Å². The summed E-state index contributed by atoms with van der Waals surface area (Å²) in [6.45, 7) is 0. The minimum atomic E-state index is -1.15. The Balaban J connectivity index is 2.83. The van der Waals surface area contributed by atoms with Crippen molar-refractivity contribution in [1.82, 2.24) is 0 Å². The molecule has 1 rings (SSSR count). The van der Waals surface area contributed by atoms with E-state index in [4.69, 9.17) is 6.42 Å². The quantitative estimate of drug-likeness (QED) is 0.663. The van der Waals surface area contributed by atoms with Gasteiger partial charge in [0.25, 0.3) is 0 Å². The van der Waals surface area contributed by atoms with E-state index in [0.29, 0.717) is 17.3 Å². The number of rotatable bonds is 4. The summed E-state index contributed by atoms with van der Waals surface area (Å²) in [6, 6.07) is 2.26. The molecule has 0 saturated heterocycles. The Hall–Kier alpha value is -0.920. The van der Waals surface area contributed by atoms with Crippen LogP contribution in [-0.2, 0) is 0 Å². The van der Waals surface area contributed by atoms with Gasteiger partial charge in [0.2, 0.25) is 0 Å². The molecule has 1 unspecified atom stereocenters. The van der Waals surface area contributed by atoms with Gasteiger partial charge < -0.3 is 5.11 Å². The second kappa shape index (κ2) is 5.97. The number of unbranched alkanes of at least 4 members (excludes halogenated alkanes) is 1. The minimum absolute atomic E-state index is 0.250. The zero-order valence-corrected chi connectivity index (χ0v) is 10.1. The maximum atomic E-state index is 13.4. The van der Waals surface area contributed by atoms with Crippen molar-refractivity contribution in [2.75, 3.05) is 0 Å². The summed E-state index contributed by atoms with van der Waals surface area (Å²) in [5.74, 6) is 0.907. The Labute approximate surface area is 102 Å². The molecule has 16 heavy (non-hydrogen) atoms. The topological polar surface area (TPSA) is 20.2 Å². The highest BCUT2D eigenvalue weighted by molar-refractivity contribution is 9.10. The minimum Gasteiger partial charge on any atom is -0.388 e. The Morgan fingerprint density at radius 1 is 1.38 bits per heavy atom. The van der Waals surface area contributed by atoms with E-state index in [2.05, 4.69) is 21.9 Å². The molecule has 0 radical (unpaired) electrons. The van der Waals surface area contributed by atoms with Crippen molar-refractivity contribution in [3.05, 3.63) is 33.8 Å². The lowest BCUT2D eigenvalue weighted by Crippen LogP contribution is -2.04. The number of benzene rings is 1. The van der Waals surface area contributed by atoms with Gasteiger partial charge in [-0.3, -0.25) is 0 Å². The number of aliphatic hydroxyl groups excluding tert-OH is 1. The number of hydrogen-bond acceptors (Lipinski definition) is 1. The van der Waals surface area contributed by atoms with Crippen LogP contribution in [0.5, 0.6) is 0 Å². The highest BCUT2D eigenvalue weighted by Gasteiger charge is 2.18. The van der Waals surface area contributed by atoms with Crippen molar-refractivity contribution in [2.45, 2.75) is 25.4 Å². The molecule has 4 heteroatoms. The standard InChI is InChI=1S/C12H11BrF2O/c1-2-3-4-5-11(16)12-9(14)6-8(13)7-10(12)15/h1,6-7,11,16H,3-5H2. The predicted octanol–water partition coefficient (Wildman–Crippen LogP) is 3.56. The molecule has 0 aliphatic rings. The Bertz CT molecular complexity index is 389. The predicted molar refractivity (Wildman–Crippen MR) is 61.7 cm³/mol. The second-order valence-electron chi connectivity index (χ2n) is 3.40. The van der Waals surface area contributed by atoms with Crippen molar-refractivity contribution < 1.29 is 13.9 Å². The Morgan fingerprint density at radius 3 is 2.44 bits per heavy atom. The van der Waals surface area contributed by atoms with Gasteiger partial charge in [0.05, 0.1) is 11.7 Å². The maximum Gasteiger partial charge on any atom is 0.133 e. The van der Waals surface area contributed by atoms with E-state index in [1.807, 2.05) is 0 Å². The van der Waals surface area contributed by atoms with Crippen molar-refractivity contribution >= 4 is 15.9 Å². The third-order valence-electron chi connectivity index (χ3n) is 2.18. The van der Waals surface area contributed by atoms with Crippen LogP contribution < -0.4 is 0 Å². The van der Waals surface area contributed by atoms with Crippen LogP contribution in [0.15, 0.2) is 16.6 Å². The largest absolute Gasteiger partial charge is 0.388 e. The first-order valence-electron chi connectivity index (χ1n) is 4.82. The first kappa shape index (κ1) is 13.1. The highest BCUT2D eigenvalue weighted by atomic mass is 79.9. The number of hydrogen-bond donors (Lipinski definition) is 1. The summed E-state index contributed by atoms with van der Waals surface area (Å²) in [5.41, 5.74) is -0.291. The number of aliphatic hydroxyl groups is 1. The van der Waals surface area contributed by atoms with E-state index in [9.17, 15) is 13.9 Å². The second-order valence-corrected chi connectivity index (χ2v) is 4.31. The third kappa shape index (κ3) is 3.29. The molecule has 86 valence electrons. The summed E-state index contributed by atoms with van der Waals surface area (Å²) in [6.07, 6.45) is 5.16. The highest BCUT2D eigenvalue weighted by Crippen LogP contribution is 2.27. The molecule has 0 aromatic heterocycles. The van der Waals surface area contributed by atoms with Gasteiger partial charge in [-0.25, -0.2) is 8.78 Å². The van der Waals surface area contributed by atoms with Gasteiger partial charge in [-0.15, -0.1) is 12.3 Å². The Morgan fingerprint density at radius 2 is 1.94 bits per heavy atom. The fourth-order valence-electron chi connectivity index (χ4n) is 1.41. The lowest BCUT2D eigenvalue weighted by atomic mass is 10.0. The van der Waals surface area contributed by atoms with Crippen molar-refractivity contribution in [2.24, 2.45) is 0 Å². The van der Waals surface area contributed by atoms with Gasteiger partial charge in [-0.05, 0) is 25.0 Å². The summed E-state index contributed by atoms with van der Waals surface area (Å²) in [5, 5.41) is 9.64. The molecule has 0 heterocycles. The zero-order chi connectivity index (χ0) is 12.1. The SMILES string of the molecule is C#CCCCC(O)c1c(F)cc(Br)cc1F. The fraction of sp³-hybridized carbons (Fsp3) is 0.333. The fourth-order valence-corrected chi connectivity index (χ4v) is 1.82. The lowest BCUT2D eigenvalue weighted by molar-refractivity contribution is 0.155. The van der Waals surface area contributed by atoms with E-state index >= 15 is 0 Å². The van der Waals surface area contributed by atoms with E-state index in [-0.39, 0.29) is 12.0 Å². The number of terminal acetylenes is 1. The van der Waals surface area contributed by atoms with Gasteiger partial charge in [-0.1, -0.05) is 15.9 Å². The molecule has 0 aliphatic carbocycles. The summed E-state index contributed by atoms with van der Waals surface area (Å²) in [4.78, 5) is 0. The molecule has 1 N–H and O–H groups in total. The lowest BCUT2D eigenvalue weighted by Gasteiger charge is -2.12. The van der Waals surface area contributed by atoms with Crippen LogP contribution in [0, 0.1) is 24.0 Å². The molecule has 1 nitrogen and oxygen atoms in total. The van der Waals surface area contributed by atoms with E-state index < -0.39 is 17.7 Å². The van der Waals surface area contributed by atoms with Gasteiger partial charge in [-0.2, -0.15) is 0 Å². The molecule has 1 atom stereocenters. The molecule has 0 fully saturated rings. The van der Waals surface area contributed by atoms with Crippen LogP contribution in [0.25, 0.3) is 0 Å². The molecule has 0 bridgehead atoms. The van der Waals surface area contributed by atoms with Crippen LogP contribution in [0.1, 0.15) is 30.9 Å². The van der Waals surface area contributed by atoms with Crippen LogP contribution in [0.2, 0.25) is 0 Å². The smallest absolute Gasteiger partial charge is 0.133 e. The molecule has 1 aromatic carbocycles. The number of halogens is 3. The van der Waals surface area contributed by atoms with E-state index in [0.717, 1.165) is 12.1 Å². The Kier molecular flexibility index (Phi) is 4.91. The third-order valence-corrected chi connectivity index (χ3v) is 2.63. The first-order chi connectivity index (χ1) is 7.56. The van der Waals surface area contributed by atoms with Crippen molar-refractivity contribution in [1.29, 1.82) is 0 Å². The molecule has 1 aromatic rings.